The van der Waals surface area contributed by atoms with Crippen LogP contribution >= 0.6 is 11.6 Å². The van der Waals surface area contributed by atoms with E-state index in [0.29, 0.717) is 40.4 Å². The van der Waals surface area contributed by atoms with Crippen LogP contribution in [0.15, 0.2) is 30.3 Å². The molecule has 0 atom stereocenters. The number of piperidine rings is 1. The Kier molecular flexibility index (Phi) is 6.82. The third-order valence-corrected chi connectivity index (χ3v) is 9.63. The van der Waals surface area contributed by atoms with Gasteiger partial charge in [0.15, 0.2) is 0 Å². The second-order valence-corrected chi connectivity index (χ2v) is 13.2. The summed E-state index contributed by atoms with van der Waals surface area (Å²) < 4.78 is 6.43. The van der Waals surface area contributed by atoms with Crippen molar-refractivity contribution < 1.29 is 9.53 Å². The van der Waals surface area contributed by atoms with E-state index < -0.39 is 0 Å². The van der Waals surface area contributed by atoms with E-state index in [2.05, 4.69) is 55.8 Å². The highest BCUT2D eigenvalue weighted by molar-refractivity contribution is 6.31. The van der Waals surface area contributed by atoms with Crippen molar-refractivity contribution in [1.82, 2.24) is 20.1 Å². The smallest absolute Gasteiger partial charge is 0.256 e. The van der Waals surface area contributed by atoms with Crippen LogP contribution in [-0.4, -0.2) is 65.1 Å². The molecule has 3 fully saturated rings. The molecule has 8 heteroatoms. The number of hydrogen-bond donors (Lipinski definition) is 1. The van der Waals surface area contributed by atoms with E-state index in [-0.39, 0.29) is 28.9 Å². The molecule has 0 bridgehead atoms. The lowest BCUT2D eigenvalue weighted by Crippen LogP contribution is -2.74. The Morgan fingerprint density at radius 1 is 1.10 bits per heavy atom. The van der Waals surface area contributed by atoms with Gasteiger partial charge in [-0.05, 0) is 56.1 Å². The van der Waals surface area contributed by atoms with Crippen molar-refractivity contribution in [2.45, 2.75) is 65.3 Å². The number of hydrogen-bond acceptors (Lipinski definition) is 6. The maximum Gasteiger partial charge on any atom is 0.256 e. The number of pyridine rings is 1. The third-order valence-electron chi connectivity index (χ3n) is 9.31. The number of nitrogens with zero attached hydrogens (tertiary/aromatic N) is 4. The lowest BCUT2D eigenvalue weighted by Gasteiger charge is -2.65. The van der Waals surface area contributed by atoms with Gasteiger partial charge in [0, 0.05) is 48.0 Å². The highest BCUT2D eigenvalue weighted by Crippen LogP contribution is 2.59. The molecule has 1 N–H and O–H groups in total. The molecule has 2 saturated heterocycles. The number of likely N-dealkylation sites (tertiary alicyclic amines) is 1. The summed E-state index contributed by atoms with van der Waals surface area (Å²) in [5, 5.41) is 13.0. The Bertz CT molecular complexity index is 1420. The van der Waals surface area contributed by atoms with Crippen LogP contribution in [-0.2, 0) is 6.54 Å². The van der Waals surface area contributed by atoms with Crippen LogP contribution < -0.4 is 10.1 Å². The molecule has 0 unspecified atom stereocenters. The van der Waals surface area contributed by atoms with Crippen molar-refractivity contribution in [3.8, 4) is 23.7 Å². The Hall–Kier alpha value is -3.10. The molecular weight excluding hydrogens is 522 g/mol. The number of aromatic nitrogens is 1. The van der Waals surface area contributed by atoms with E-state index in [0.717, 1.165) is 37.6 Å². The molecule has 4 aliphatic rings. The number of amides is 1. The maximum absolute atomic E-state index is 13.6. The fraction of sp³-hybridized carbons (Fsp3) is 0.531. The molecule has 1 saturated carbocycles. The number of nitrogens with one attached hydrogen (secondary N) is 1. The standard InChI is InChI=1S/C32H36ClN5O2/c1-31(2)29(32(3,4)30(31)40-24-9-6-21(16-34)26(33)15-24)38-19-27-25(28(38)39)10-8-22(36-27)7-5-20-17-37(18-20)23-11-13-35-14-12-23/h6,8-10,15,20,23,29-30,35H,11-14,17-19H2,1-4H3. The fourth-order valence-corrected chi connectivity index (χ4v) is 7.96. The fourth-order valence-electron chi connectivity index (χ4n) is 7.74. The van der Waals surface area contributed by atoms with Crippen LogP contribution in [0.1, 0.15) is 67.8 Å². The van der Waals surface area contributed by atoms with Crippen LogP contribution in [0.2, 0.25) is 5.02 Å². The largest absolute Gasteiger partial charge is 0.489 e. The highest BCUT2D eigenvalue weighted by Gasteiger charge is 2.67. The van der Waals surface area contributed by atoms with Gasteiger partial charge in [-0.15, -0.1) is 0 Å². The van der Waals surface area contributed by atoms with Gasteiger partial charge in [-0.3, -0.25) is 9.69 Å². The number of carbonyl (C=O) groups excluding carboxylic acids is 1. The second-order valence-electron chi connectivity index (χ2n) is 12.8. The van der Waals surface area contributed by atoms with Crippen LogP contribution in [0.5, 0.6) is 5.75 Å². The average molecular weight is 558 g/mol. The van der Waals surface area contributed by atoms with E-state index in [1.54, 1.807) is 18.2 Å². The average Bonchev–Trinajstić information content (AvgIpc) is 3.21. The molecule has 1 amide bonds. The van der Waals surface area contributed by atoms with E-state index in [4.69, 9.17) is 21.3 Å². The summed E-state index contributed by atoms with van der Waals surface area (Å²) in [6.07, 6.45) is 2.30. The van der Waals surface area contributed by atoms with E-state index >= 15 is 0 Å². The summed E-state index contributed by atoms with van der Waals surface area (Å²) in [6.45, 7) is 13.4. The summed E-state index contributed by atoms with van der Waals surface area (Å²) in [4.78, 5) is 22.9. The minimum atomic E-state index is -0.311. The predicted molar refractivity (Wildman–Crippen MR) is 154 cm³/mol. The van der Waals surface area contributed by atoms with Crippen molar-refractivity contribution in [1.29, 1.82) is 5.26 Å². The quantitative estimate of drug-likeness (QED) is 0.558. The van der Waals surface area contributed by atoms with Crippen LogP contribution in [0.25, 0.3) is 0 Å². The molecule has 1 aromatic carbocycles. The molecule has 3 aliphatic heterocycles. The molecule has 4 heterocycles. The zero-order valence-corrected chi connectivity index (χ0v) is 24.4. The third kappa shape index (κ3) is 4.55. The number of carbonyl (C=O) groups is 1. The van der Waals surface area contributed by atoms with Crippen LogP contribution in [0.4, 0.5) is 0 Å². The molecular formula is C32H36ClN5O2. The van der Waals surface area contributed by atoms with Crippen molar-refractivity contribution in [2.24, 2.45) is 16.7 Å². The maximum atomic E-state index is 13.6. The minimum Gasteiger partial charge on any atom is -0.489 e. The van der Waals surface area contributed by atoms with Gasteiger partial charge in [-0.1, -0.05) is 45.2 Å². The Morgan fingerprint density at radius 3 is 2.50 bits per heavy atom. The Balaban J connectivity index is 1.12. The van der Waals surface area contributed by atoms with E-state index in [1.165, 1.54) is 12.8 Å². The molecule has 0 spiro atoms. The number of halogens is 1. The number of fused-ring (bicyclic) bond motifs is 1. The number of benzene rings is 1. The first-order valence-electron chi connectivity index (χ1n) is 14.2. The number of rotatable bonds is 4. The van der Waals surface area contributed by atoms with Gasteiger partial charge >= 0.3 is 0 Å². The molecule has 2 aromatic rings. The SMILES string of the molecule is CC1(C)C(Oc2ccc(C#N)c(Cl)c2)C(C)(C)C1N1Cc2nc(C#CC3CN(C4CCNCC4)C3)ccc2C1=O. The van der Waals surface area contributed by atoms with Gasteiger partial charge in [-0.25, -0.2) is 4.98 Å². The molecule has 1 aromatic heterocycles. The van der Waals surface area contributed by atoms with Crippen LogP contribution in [0.3, 0.4) is 0 Å². The monoisotopic (exact) mass is 557 g/mol. The molecule has 40 heavy (non-hydrogen) atoms. The zero-order valence-electron chi connectivity index (χ0n) is 23.6. The van der Waals surface area contributed by atoms with Gasteiger partial charge in [0.1, 0.15) is 23.6 Å². The number of ether oxygens (including phenoxy) is 1. The second kappa shape index (κ2) is 10.1. The van der Waals surface area contributed by atoms with Gasteiger partial charge in [-0.2, -0.15) is 5.26 Å². The summed E-state index contributed by atoms with van der Waals surface area (Å²) in [5.74, 6) is 7.74. The van der Waals surface area contributed by atoms with Gasteiger partial charge in [0.2, 0.25) is 0 Å². The molecule has 208 valence electrons. The highest BCUT2D eigenvalue weighted by atomic mass is 35.5. The van der Waals surface area contributed by atoms with Crippen molar-refractivity contribution in [2.75, 3.05) is 26.2 Å². The normalized spacial score (nSPS) is 25.7. The van der Waals surface area contributed by atoms with Gasteiger partial charge < -0.3 is 15.0 Å². The van der Waals surface area contributed by atoms with Crippen LogP contribution in [0, 0.1) is 39.9 Å². The predicted octanol–water partition coefficient (Wildman–Crippen LogP) is 4.48. The van der Waals surface area contributed by atoms with Crippen molar-refractivity contribution in [3.05, 3.63) is 57.9 Å². The van der Waals surface area contributed by atoms with E-state index in [1.807, 2.05) is 17.0 Å². The minimum absolute atomic E-state index is 0.0182. The first-order valence-corrected chi connectivity index (χ1v) is 14.6. The summed E-state index contributed by atoms with van der Waals surface area (Å²) >= 11 is 6.25. The van der Waals surface area contributed by atoms with Crippen molar-refractivity contribution >= 4 is 17.5 Å². The molecule has 7 nitrogen and oxygen atoms in total. The summed E-state index contributed by atoms with van der Waals surface area (Å²) in [5.41, 5.74) is 2.00. The summed E-state index contributed by atoms with van der Waals surface area (Å²) in [6, 6.07) is 11.7. The van der Waals surface area contributed by atoms with Gasteiger partial charge in [0.25, 0.3) is 5.91 Å². The molecule has 6 rings (SSSR count). The topological polar surface area (TPSA) is 81.5 Å². The first-order chi connectivity index (χ1) is 19.1. The number of nitriles is 1. The lowest BCUT2D eigenvalue weighted by atomic mass is 9.49. The Morgan fingerprint density at radius 2 is 1.82 bits per heavy atom. The Labute approximate surface area is 241 Å². The zero-order chi connectivity index (χ0) is 28.2. The van der Waals surface area contributed by atoms with Crippen molar-refractivity contribution in [3.63, 3.8) is 0 Å². The van der Waals surface area contributed by atoms with Gasteiger partial charge in [0.05, 0.1) is 28.4 Å². The molecule has 1 aliphatic carbocycles. The van der Waals surface area contributed by atoms with E-state index in [9.17, 15) is 10.1 Å². The first kappa shape index (κ1) is 27.1. The lowest BCUT2D eigenvalue weighted by molar-refractivity contribution is -0.199. The summed E-state index contributed by atoms with van der Waals surface area (Å²) in [7, 11) is 0. The molecule has 0 radical (unpaired) electrons.